The van der Waals surface area contributed by atoms with Crippen LogP contribution in [0.2, 0.25) is 0 Å². The molecule has 1 heterocycles. The smallest absolute Gasteiger partial charge is 0.155 e. The molecule has 1 fully saturated rings. The van der Waals surface area contributed by atoms with E-state index in [-0.39, 0.29) is 22.7 Å². The van der Waals surface area contributed by atoms with Crippen LogP contribution in [0.15, 0.2) is 0 Å². The van der Waals surface area contributed by atoms with E-state index in [0.29, 0.717) is 0 Å². The molecule has 0 aromatic rings. The van der Waals surface area contributed by atoms with Crippen LogP contribution >= 0.6 is 11.6 Å². The van der Waals surface area contributed by atoms with Gasteiger partial charge in [0.05, 0.1) is 11.5 Å². The SMILES string of the molecule is CC(C)(C)C(=O)C1CCCC(Cl)N1. The van der Waals surface area contributed by atoms with Crippen LogP contribution in [-0.4, -0.2) is 17.3 Å². The Kier molecular flexibility index (Phi) is 3.36. The maximum Gasteiger partial charge on any atom is 0.155 e. The fourth-order valence-corrected chi connectivity index (χ4v) is 1.92. The summed E-state index contributed by atoms with van der Waals surface area (Å²) in [6, 6.07) is -0.0313. The van der Waals surface area contributed by atoms with Crippen molar-refractivity contribution in [2.75, 3.05) is 0 Å². The van der Waals surface area contributed by atoms with Gasteiger partial charge in [0.15, 0.2) is 5.78 Å². The van der Waals surface area contributed by atoms with Gasteiger partial charge in [0.25, 0.3) is 0 Å². The van der Waals surface area contributed by atoms with E-state index in [0.717, 1.165) is 19.3 Å². The minimum Gasteiger partial charge on any atom is -0.297 e. The van der Waals surface area contributed by atoms with Gasteiger partial charge in [-0.05, 0) is 19.3 Å². The van der Waals surface area contributed by atoms with E-state index in [2.05, 4.69) is 5.32 Å². The van der Waals surface area contributed by atoms with Crippen molar-refractivity contribution in [2.45, 2.75) is 51.6 Å². The molecule has 2 atom stereocenters. The van der Waals surface area contributed by atoms with Gasteiger partial charge in [0.1, 0.15) is 0 Å². The van der Waals surface area contributed by atoms with Crippen LogP contribution in [-0.2, 0) is 4.79 Å². The number of hydrogen-bond acceptors (Lipinski definition) is 2. The zero-order valence-electron chi connectivity index (χ0n) is 8.56. The number of hydrogen-bond donors (Lipinski definition) is 1. The Labute approximate surface area is 85.0 Å². The van der Waals surface area contributed by atoms with E-state index >= 15 is 0 Å². The zero-order chi connectivity index (χ0) is 10.1. The second-order valence-corrected chi connectivity index (χ2v) is 5.26. The van der Waals surface area contributed by atoms with Crippen molar-refractivity contribution >= 4 is 17.4 Å². The van der Waals surface area contributed by atoms with Gasteiger partial charge in [0.2, 0.25) is 0 Å². The number of carbonyl (C=O) groups excluding carboxylic acids is 1. The number of carbonyl (C=O) groups is 1. The van der Waals surface area contributed by atoms with E-state index in [1.54, 1.807) is 0 Å². The Morgan fingerprint density at radius 2 is 2.00 bits per heavy atom. The molecule has 2 nitrogen and oxygen atoms in total. The maximum atomic E-state index is 11.8. The number of Topliss-reactive ketones (excluding diaryl/α,β-unsaturated/α-hetero) is 1. The predicted octanol–water partition coefficient (Wildman–Crippen LogP) is 2.31. The van der Waals surface area contributed by atoms with Crippen LogP contribution in [0.4, 0.5) is 0 Å². The van der Waals surface area contributed by atoms with Crippen LogP contribution in [0.3, 0.4) is 0 Å². The largest absolute Gasteiger partial charge is 0.297 e. The molecule has 1 N–H and O–H groups in total. The molecule has 0 amide bonds. The molecule has 0 aliphatic carbocycles. The van der Waals surface area contributed by atoms with E-state index in [9.17, 15) is 4.79 Å². The third kappa shape index (κ3) is 2.96. The Morgan fingerprint density at radius 3 is 2.46 bits per heavy atom. The molecule has 0 spiro atoms. The first-order valence-corrected chi connectivity index (χ1v) is 5.29. The van der Waals surface area contributed by atoms with Crippen molar-refractivity contribution in [1.82, 2.24) is 5.32 Å². The summed E-state index contributed by atoms with van der Waals surface area (Å²) in [5.74, 6) is 0.276. The summed E-state index contributed by atoms with van der Waals surface area (Å²) in [7, 11) is 0. The molecule has 0 saturated carbocycles. The van der Waals surface area contributed by atoms with Crippen molar-refractivity contribution in [3.8, 4) is 0 Å². The summed E-state index contributed by atoms with van der Waals surface area (Å²) >= 11 is 5.94. The molecule has 1 rings (SSSR count). The molecule has 76 valence electrons. The Morgan fingerprint density at radius 1 is 1.38 bits per heavy atom. The zero-order valence-corrected chi connectivity index (χ0v) is 9.32. The molecular formula is C10H18ClNO. The van der Waals surface area contributed by atoms with E-state index in [4.69, 9.17) is 11.6 Å². The Balaban J connectivity index is 2.56. The van der Waals surface area contributed by atoms with Gasteiger partial charge in [-0.2, -0.15) is 0 Å². The van der Waals surface area contributed by atoms with E-state index in [1.165, 1.54) is 0 Å². The molecule has 0 radical (unpaired) electrons. The summed E-state index contributed by atoms with van der Waals surface area (Å²) in [6.07, 6.45) is 2.95. The van der Waals surface area contributed by atoms with Crippen molar-refractivity contribution in [1.29, 1.82) is 0 Å². The molecular weight excluding hydrogens is 186 g/mol. The van der Waals surface area contributed by atoms with Gasteiger partial charge < -0.3 is 0 Å². The third-order valence-electron chi connectivity index (χ3n) is 2.39. The van der Waals surface area contributed by atoms with Crippen molar-refractivity contribution in [3.05, 3.63) is 0 Å². The fourth-order valence-electron chi connectivity index (χ4n) is 1.62. The Hall–Kier alpha value is -0.0800. The molecule has 1 aliphatic rings. The molecule has 13 heavy (non-hydrogen) atoms. The highest BCUT2D eigenvalue weighted by molar-refractivity contribution is 6.20. The van der Waals surface area contributed by atoms with Crippen LogP contribution in [0, 0.1) is 5.41 Å². The highest BCUT2D eigenvalue weighted by atomic mass is 35.5. The molecule has 0 aromatic carbocycles. The van der Waals surface area contributed by atoms with Crippen LogP contribution in [0.25, 0.3) is 0 Å². The highest BCUT2D eigenvalue weighted by Gasteiger charge is 2.32. The first kappa shape index (κ1) is 11.0. The summed E-state index contributed by atoms with van der Waals surface area (Å²) in [5, 5.41) is 3.14. The standard InChI is InChI=1S/C10H18ClNO/c1-10(2,3)9(13)7-5-4-6-8(11)12-7/h7-8,12H,4-6H2,1-3H3. The highest BCUT2D eigenvalue weighted by Crippen LogP contribution is 2.23. The molecule has 1 aliphatic heterocycles. The average Bonchev–Trinajstić information content (AvgIpc) is 2.01. The third-order valence-corrected chi connectivity index (χ3v) is 2.73. The van der Waals surface area contributed by atoms with Gasteiger partial charge in [0, 0.05) is 5.41 Å². The molecule has 3 heteroatoms. The maximum absolute atomic E-state index is 11.8. The number of halogens is 1. The lowest BCUT2D eigenvalue weighted by atomic mass is 9.83. The first-order valence-electron chi connectivity index (χ1n) is 4.85. The van der Waals surface area contributed by atoms with Crippen molar-refractivity contribution < 1.29 is 4.79 Å². The second-order valence-electron chi connectivity index (χ2n) is 4.73. The van der Waals surface area contributed by atoms with Gasteiger partial charge >= 0.3 is 0 Å². The van der Waals surface area contributed by atoms with Gasteiger partial charge in [-0.1, -0.05) is 20.8 Å². The number of piperidine rings is 1. The lowest BCUT2D eigenvalue weighted by Crippen LogP contribution is -2.48. The van der Waals surface area contributed by atoms with Gasteiger partial charge in [-0.3, -0.25) is 10.1 Å². The minimum atomic E-state index is -0.258. The molecule has 0 aromatic heterocycles. The van der Waals surface area contributed by atoms with Gasteiger partial charge in [-0.15, -0.1) is 11.6 Å². The summed E-state index contributed by atoms with van der Waals surface area (Å²) in [4.78, 5) is 11.8. The van der Waals surface area contributed by atoms with Crippen LogP contribution < -0.4 is 5.32 Å². The van der Waals surface area contributed by atoms with Crippen LogP contribution in [0.1, 0.15) is 40.0 Å². The minimum absolute atomic E-state index is 0.0231. The van der Waals surface area contributed by atoms with E-state index in [1.807, 2.05) is 20.8 Å². The normalized spacial score (nSPS) is 30.2. The summed E-state index contributed by atoms with van der Waals surface area (Å²) < 4.78 is 0. The molecule has 2 unspecified atom stereocenters. The average molecular weight is 204 g/mol. The number of nitrogens with one attached hydrogen (secondary N) is 1. The second kappa shape index (κ2) is 3.97. The Bertz CT molecular complexity index is 198. The van der Waals surface area contributed by atoms with Crippen molar-refractivity contribution in [3.63, 3.8) is 0 Å². The number of rotatable bonds is 1. The predicted molar refractivity (Wildman–Crippen MR) is 54.9 cm³/mol. The van der Waals surface area contributed by atoms with E-state index < -0.39 is 0 Å². The fraction of sp³-hybridized carbons (Fsp3) is 0.900. The number of ketones is 1. The quantitative estimate of drug-likeness (QED) is 0.524. The first-order chi connectivity index (χ1) is 5.91. The molecule has 0 bridgehead atoms. The lowest BCUT2D eigenvalue weighted by Gasteiger charge is -2.30. The van der Waals surface area contributed by atoms with Crippen LogP contribution in [0.5, 0.6) is 0 Å². The topological polar surface area (TPSA) is 29.1 Å². The summed E-state index contributed by atoms with van der Waals surface area (Å²) in [5.41, 5.74) is -0.281. The monoisotopic (exact) mass is 203 g/mol. The number of alkyl halides is 1. The lowest BCUT2D eigenvalue weighted by molar-refractivity contribution is -0.129. The van der Waals surface area contributed by atoms with Gasteiger partial charge in [-0.25, -0.2) is 0 Å². The van der Waals surface area contributed by atoms with Crippen molar-refractivity contribution in [2.24, 2.45) is 5.41 Å². The summed E-state index contributed by atoms with van der Waals surface area (Å²) in [6.45, 7) is 5.86. The molecule has 1 saturated heterocycles.